The van der Waals surface area contributed by atoms with Crippen molar-refractivity contribution >= 4 is 27.5 Å². The molecule has 0 unspecified atom stereocenters. The number of carbonyl (C=O) groups is 1. The van der Waals surface area contributed by atoms with E-state index in [0.29, 0.717) is 5.56 Å². The van der Waals surface area contributed by atoms with E-state index in [9.17, 15) is 9.18 Å². The number of carbonyl (C=O) groups excluding carboxylic acids is 1. The molecule has 2 N–H and O–H groups in total. The lowest BCUT2D eigenvalue weighted by Gasteiger charge is -2.08. The van der Waals surface area contributed by atoms with E-state index in [0.717, 1.165) is 16.1 Å². The molecule has 0 bridgehead atoms. The van der Waals surface area contributed by atoms with Crippen LogP contribution in [0.2, 0.25) is 0 Å². The molecule has 0 aromatic heterocycles. The summed E-state index contributed by atoms with van der Waals surface area (Å²) < 4.78 is 14.4. The van der Waals surface area contributed by atoms with E-state index in [-0.39, 0.29) is 11.4 Å². The zero-order valence-corrected chi connectivity index (χ0v) is 11.7. The van der Waals surface area contributed by atoms with Gasteiger partial charge in [-0.2, -0.15) is 0 Å². The van der Waals surface area contributed by atoms with Gasteiger partial charge >= 0.3 is 0 Å². The number of hydrogen-bond acceptors (Lipinski definition) is 2. The van der Waals surface area contributed by atoms with Crippen molar-refractivity contribution in [3.05, 3.63) is 57.8 Å². The maximum absolute atomic E-state index is 13.5. The number of anilines is 1. The molecular formula is C14H11BrFNO2. The third-order valence-electron chi connectivity index (χ3n) is 2.62. The number of benzene rings is 2. The molecule has 2 aromatic rings. The van der Waals surface area contributed by atoms with E-state index < -0.39 is 11.7 Å². The van der Waals surface area contributed by atoms with Gasteiger partial charge in [-0.25, -0.2) is 4.39 Å². The molecule has 1 amide bonds. The van der Waals surface area contributed by atoms with Crippen molar-refractivity contribution in [2.45, 2.75) is 6.92 Å². The van der Waals surface area contributed by atoms with Gasteiger partial charge in [-0.05, 0) is 42.8 Å². The summed E-state index contributed by atoms with van der Waals surface area (Å²) in [6.45, 7) is 1.86. The summed E-state index contributed by atoms with van der Waals surface area (Å²) in [6, 6.07) is 8.68. The van der Waals surface area contributed by atoms with Crippen LogP contribution in [0.25, 0.3) is 0 Å². The molecule has 0 spiro atoms. The number of nitrogens with one attached hydrogen (secondary N) is 1. The molecule has 0 aliphatic carbocycles. The summed E-state index contributed by atoms with van der Waals surface area (Å²) >= 11 is 3.35. The van der Waals surface area contributed by atoms with Crippen LogP contribution in [0, 0.1) is 12.7 Å². The van der Waals surface area contributed by atoms with Gasteiger partial charge in [0.05, 0.1) is 5.69 Å². The van der Waals surface area contributed by atoms with E-state index in [1.165, 1.54) is 12.1 Å². The Hall–Kier alpha value is -1.88. The molecule has 0 atom stereocenters. The molecule has 2 rings (SSSR count). The van der Waals surface area contributed by atoms with Crippen LogP contribution in [0.5, 0.6) is 5.75 Å². The summed E-state index contributed by atoms with van der Waals surface area (Å²) in [7, 11) is 0. The Morgan fingerprint density at radius 3 is 2.63 bits per heavy atom. The molecule has 0 aliphatic heterocycles. The highest BCUT2D eigenvalue weighted by Gasteiger charge is 2.10. The Morgan fingerprint density at radius 2 is 2.00 bits per heavy atom. The zero-order valence-electron chi connectivity index (χ0n) is 10.1. The topological polar surface area (TPSA) is 49.3 Å². The minimum absolute atomic E-state index is 0.0309. The summed E-state index contributed by atoms with van der Waals surface area (Å²) in [5.41, 5.74) is 1.38. The van der Waals surface area contributed by atoms with Gasteiger partial charge in [-0.3, -0.25) is 4.79 Å². The molecule has 0 aliphatic rings. The van der Waals surface area contributed by atoms with Crippen molar-refractivity contribution in [1.29, 1.82) is 0 Å². The van der Waals surface area contributed by atoms with Crippen LogP contribution in [-0.2, 0) is 0 Å². The van der Waals surface area contributed by atoms with Crippen molar-refractivity contribution < 1.29 is 14.3 Å². The maximum Gasteiger partial charge on any atom is 0.255 e. The lowest BCUT2D eigenvalue weighted by molar-refractivity contribution is 0.102. The second-order valence-corrected chi connectivity index (χ2v) is 4.94. The maximum atomic E-state index is 13.5. The Morgan fingerprint density at radius 1 is 1.26 bits per heavy atom. The van der Waals surface area contributed by atoms with E-state index >= 15 is 0 Å². The molecule has 3 nitrogen and oxygen atoms in total. The molecule has 5 heteroatoms. The van der Waals surface area contributed by atoms with Gasteiger partial charge in [-0.1, -0.05) is 15.9 Å². The van der Waals surface area contributed by atoms with E-state index in [2.05, 4.69) is 21.2 Å². The molecule has 19 heavy (non-hydrogen) atoms. The number of hydrogen-bond donors (Lipinski definition) is 2. The SMILES string of the molecule is Cc1cc(C(=O)Nc2ccc(O)cc2F)ccc1Br. The van der Waals surface area contributed by atoms with Crippen molar-refractivity contribution in [2.75, 3.05) is 5.32 Å². The van der Waals surface area contributed by atoms with Gasteiger partial charge in [-0.15, -0.1) is 0 Å². The average molecular weight is 324 g/mol. The van der Waals surface area contributed by atoms with Gasteiger partial charge in [0.25, 0.3) is 5.91 Å². The summed E-state index contributed by atoms with van der Waals surface area (Å²) in [5.74, 6) is -1.27. The lowest BCUT2D eigenvalue weighted by atomic mass is 10.1. The Labute approximate surface area is 118 Å². The van der Waals surface area contributed by atoms with Crippen LogP contribution < -0.4 is 5.32 Å². The van der Waals surface area contributed by atoms with Crippen molar-refractivity contribution in [2.24, 2.45) is 0 Å². The molecule has 0 radical (unpaired) electrons. The Bertz CT molecular complexity index is 643. The zero-order chi connectivity index (χ0) is 14.0. The Balaban J connectivity index is 2.23. The fourth-order valence-corrected chi connectivity index (χ4v) is 1.83. The molecule has 0 saturated carbocycles. The molecule has 0 fully saturated rings. The van der Waals surface area contributed by atoms with E-state index in [4.69, 9.17) is 5.11 Å². The lowest BCUT2D eigenvalue weighted by Crippen LogP contribution is -2.13. The van der Waals surface area contributed by atoms with Crippen LogP contribution >= 0.6 is 15.9 Å². The van der Waals surface area contributed by atoms with Crippen molar-refractivity contribution in [3.8, 4) is 5.75 Å². The van der Waals surface area contributed by atoms with Crippen LogP contribution in [0.4, 0.5) is 10.1 Å². The van der Waals surface area contributed by atoms with Crippen molar-refractivity contribution in [1.82, 2.24) is 0 Å². The first kappa shape index (κ1) is 13.5. The monoisotopic (exact) mass is 323 g/mol. The minimum Gasteiger partial charge on any atom is -0.508 e. The Kier molecular flexibility index (Phi) is 3.85. The van der Waals surface area contributed by atoms with Gasteiger partial charge in [0.1, 0.15) is 11.6 Å². The third-order valence-corrected chi connectivity index (χ3v) is 3.51. The fourth-order valence-electron chi connectivity index (χ4n) is 1.59. The number of aryl methyl sites for hydroxylation is 1. The van der Waals surface area contributed by atoms with E-state index in [1.807, 2.05) is 6.92 Å². The molecule has 98 valence electrons. The van der Waals surface area contributed by atoms with Crippen LogP contribution in [-0.4, -0.2) is 11.0 Å². The first-order valence-corrected chi connectivity index (χ1v) is 6.32. The largest absolute Gasteiger partial charge is 0.508 e. The predicted octanol–water partition coefficient (Wildman–Crippen LogP) is 3.85. The second-order valence-electron chi connectivity index (χ2n) is 4.08. The minimum atomic E-state index is -0.679. The molecule has 2 aromatic carbocycles. The van der Waals surface area contributed by atoms with Gasteiger partial charge < -0.3 is 10.4 Å². The quantitative estimate of drug-likeness (QED) is 0.824. The number of phenolic OH excluding ortho intramolecular Hbond substituents is 1. The highest BCUT2D eigenvalue weighted by Crippen LogP contribution is 2.21. The van der Waals surface area contributed by atoms with Crippen LogP contribution in [0.15, 0.2) is 40.9 Å². The first-order chi connectivity index (χ1) is 8.97. The third kappa shape index (κ3) is 3.12. The number of amides is 1. The average Bonchev–Trinajstić information content (AvgIpc) is 2.36. The smallest absolute Gasteiger partial charge is 0.255 e. The summed E-state index contributed by atoms with van der Waals surface area (Å²) in [4.78, 5) is 12.0. The van der Waals surface area contributed by atoms with Crippen molar-refractivity contribution in [3.63, 3.8) is 0 Å². The standard InChI is InChI=1S/C14H11BrFNO2/c1-8-6-9(2-4-11(8)15)14(19)17-13-5-3-10(18)7-12(13)16/h2-7,18H,1H3,(H,17,19). The predicted molar refractivity (Wildman–Crippen MR) is 74.9 cm³/mol. The number of aromatic hydroxyl groups is 1. The molecular weight excluding hydrogens is 313 g/mol. The molecule has 0 saturated heterocycles. The fraction of sp³-hybridized carbons (Fsp3) is 0.0714. The summed E-state index contributed by atoms with van der Waals surface area (Å²) in [6.07, 6.45) is 0. The van der Waals surface area contributed by atoms with Gasteiger partial charge in [0.15, 0.2) is 0 Å². The van der Waals surface area contributed by atoms with E-state index in [1.54, 1.807) is 18.2 Å². The van der Waals surface area contributed by atoms with Gasteiger partial charge in [0.2, 0.25) is 0 Å². The first-order valence-electron chi connectivity index (χ1n) is 5.53. The second kappa shape index (κ2) is 5.40. The number of rotatable bonds is 2. The highest BCUT2D eigenvalue weighted by molar-refractivity contribution is 9.10. The van der Waals surface area contributed by atoms with Crippen LogP contribution in [0.3, 0.4) is 0 Å². The van der Waals surface area contributed by atoms with Crippen LogP contribution in [0.1, 0.15) is 15.9 Å². The van der Waals surface area contributed by atoms with Gasteiger partial charge in [0, 0.05) is 16.1 Å². The highest BCUT2D eigenvalue weighted by atomic mass is 79.9. The normalized spacial score (nSPS) is 10.3. The number of phenols is 1. The number of halogens is 2. The molecule has 0 heterocycles. The summed E-state index contributed by atoms with van der Waals surface area (Å²) in [5, 5.41) is 11.6.